The molecular formula is C14H28IN3O. The van der Waals surface area contributed by atoms with E-state index in [-0.39, 0.29) is 24.0 Å². The molecule has 4 nitrogen and oxygen atoms in total. The smallest absolute Gasteiger partial charge is 0.188 e. The lowest BCUT2D eigenvalue weighted by atomic mass is 9.86. The standard InChI is InChI=1S/C14H27N3O.HI/c15-14(17-11-12-5-3-6-12)16-9-4-8-13-7-1-2-10-18-13;/h12-13H,1-11H2,(H3,15,16,17);1H. The molecule has 5 heteroatoms. The van der Waals surface area contributed by atoms with Crippen molar-refractivity contribution in [1.82, 2.24) is 5.32 Å². The third kappa shape index (κ3) is 6.79. The van der Waals surface area contributed by atoms with Gasteiger partial charge in [0.15, 0.2) is 5.96 Å². The quantitative estimate of drug-likeness (QED) is 0.322. The minimum atomic E-state index is 0. The van der Waals surface area contributed by atoms with Gasteiger partial charge in [-0.2, -0.15) is 0 Å². The first-order valence-electron chi connectivity index (χ1n) is 7.50. The van der Waals surface area contributed by atoms with Crippen LogP contribution in [0.2, 0.25) is 0 Å². The lowest BCUT2D eigenvalue weighted by molar-refractivity contribution is 0.0104. The van der Waals surface area contributed by atoms with Crippen LogP contribution in [0, 0.1) is 5.92 Å². The molecule has 0 spiro atoms. The second-order valence-corrected chi connectivity index (χ2v) is 5.58. The van der Waals surface area contributed by atoms with E-state index in [1.807, 2.05) is 0 Å². The van der Waals surface area contributed by atoms with E-state index in [2.05, 4.69) is 10.3 Å². The molecule has 1 atom stereocenters. The largest absolute Gasteiger partial charge is 0.378 e. The first-order chi connectivity index (χ1) is 8.84. The Hall–Kier alpha value is -0.0400. The lowest BCUT2D eigenvalue weighted by Crippen LogP contribution is -2.34. The SMILES string of the molecule is I.NC(=NCC1CCC1)NCCCC1CCCCO1. The highest BCUT2D eigenvalue weighted by Crippen LogP contribution is 2.26. The fourth-order valence-electron chi connectivity index (χ4n) is 2.54. The highest BCUT2D eigenvalue weighted by molar-refractivity contribution is 14.0. The van der Waals surface area contributed by atoms with Crippen molar-refractivity contribution >= 4 is 29.9 Å². The van der Waals surface area contributed by atoms with E-state index in [0.717, 1.165) is 38.5 Å². The number of nitrogens with zero attached hydrogens (tertiary/aromatic N) is 1. The van der Waals surface area contributed by atoms with Gasteiger partial charge in [0, 0.05) is 19.7 Å². The zero-order valence-electron chi connectivity index (χ0n) is 11.8. The summed E-state index contributed by atoms with van der Waals surface area (Å²) in [6.45, 7) is 2.77. The highest BCUT2D eigenvalue weighted by atomic mass is 127. The number of nitrogens with one attached hydrogen (secondary N) is 1. The van der Waals surface area contributed by atoms with Crippen molar-refractivity contribution in [3.05, 3.63) is 0 Å². The summed E-state index contributed by atoms with van der Waals surface area (Å²) in [4.78, 5) is 4.38. The van der Waals surface area contributed by atoms with Gasteiger partial charge in [-0.25, -0.2) is 0 Å². The molecule has 1 saturated heterocycles. The van der Waals surface area contributed by atoms with E-state index >= 15 is 0 Å². The molecule has 0 amide bonds. The first-order valence-corrected chi connectivity index (χ1v) is 7.50. The van der Waals surface area contributed by atoms with Crippen LogP contribution in [0.3, 0.4) is 0 Å². The molecular weight excluding hydrogens is 353 g/mol. The Morgan fingerprint density at radius 1 is 1.21 bits per heavy atom. The average molecular weight is 381 g/mol. The molecule has 1 aliphatic heterocycles. The fraction of sp³-hybridized carbons (Fsp3) is 0.929. The average Bonchev–Trinajstić information content (AvgIpc) is 2.34. The van der Waals surface area contributed by atoms with Gasteiger partial charge < -0.3 is 15.8 Å². The van der Waals surface area contributed by atoms with Crippen LogP contribution < -0.4 is 11.1 Å². The van der Waals surface area contributed by atoms with Gasteiger partial charge in [0.2, 0.25) is 0 Å². The van der Waals surface area contributed by atoms with E-state index in [4.69, 9.17) is 10.5 Å². The maximum Gasteiger partial charge on any atom is 0.188 e. The predicted molar refractivity (Wildman–Crippen MR) is 90.1 cm³/mol. The highest BCUT2D eigenvalue weighted by Gasteiger charge is 2.16. The maximum absolute atomic E-state index is 5.83. The molecule has 0 aromatic heterocycles. The summed E-state index contributed by atoms with van der Waals surface area (Å²) in [5.41, 5.74) is 5.83. The Labute approximate surface area is 134 Å². The van der Waals surface area contributed by atoms with Gasteiger partial charge in [-0.05, 0) is 50.9 Å². The van der Waals surface area contributed by atoms with Gasteiger partial charge in [0.1, 0.15) is 0 Å². The van der Waals surface area contributed by atoms with Crippen LogP contribution in [0.25, 0.3) is 0 Å². The van der Waals surface area contributed by atoms with Crippen molar-refractivity contribution < 1.29 is 4.74 Å². The molecule has 19 heavy (non-hydrogen) atoms. The number of hydrogen-bond acceptors (Lipinski definition) is 2. The Balaban J connectivity index is 0.00000180. The molecule has 0 radical (unpaired) electrons. The van der Waals surface area contributed by atoms with Crippen LogP contribution in [0.1, 0.15) is 51.4 Å². The predicted octanol–water partition coefficient (Wildman–Crippen LogP) is 2.66. The summed E-state index contributed by atoms with van der Waals surface area (Å²) >= 11 is 0. The van der Waals surface area contributed by atoms with E-state index in [1.54, 1.807) is 0 Å². The molecule has 0 aromatic rings. The summed E-state index contributed by atoms with van der Waals surface area (Å²) in [5.74, 6) is 1.41. The van der Waals surface area contributed by atoms with Crippen molar-refractivity contribution in [1.29, 1.82) is 0 Å². The number of rotatable bonds is 6. The number of nitrogens with two attached hydrogens (primary N) is 1. The third-order valence-corrected chi connectivity index (χ3v) is 4.03. The zero-order chi connectivity index (χ0) is 12.6. The summed E-state index contributed by atoms with van der Waals surface area (Å²) in [7, 11) is 0. The number of guanidine groups is 1. The van der Waals surface area contributed by atoms with Gasteiger partial charge in [-0.15, -0.1) is 24.0 Å². The Kier molecular flexibility index (Phi) is 8.77. The summed E-state index contributed by atoms with van der Waals surface area (Å²) in [5, 5.41) is 3.20. The van der Waals surface area contributed by atoms with Crippen molar-refractivity contribution in [2.45, 2.75) is 57.5 Å². The van der Waals surface area contributed by atoms with Crippen LogP contribution in [-0.4, -0.2) is 31.8 Å². The van der Waals surface area contributed by atoms with Gasteiger partial charge in [-0.1, -0.05) is 6.42 Å². The minimum Gasteiger partial charge on any atom is -0.378 e. The molecule has 2 fully saturated rings. The number of aliphatic imine (C=N–C) groups is 1. The zero-order valence-corrected chi connectivity index (χ0v) is 14.1. The molecule has 1 saturated carbocycles. The minimum absolute atomic E-state index is 0. The maximum atomic E-state index is 5.83. The number of ether oxygens (including phenoxy) is 1. The van der Waals surface area contributed by atoms with E-state index in [0.29, 0.717) is 12.1 Å². The molecule has 1 aliphatic carbocycles. The summed E-state index contributed by atoms with van der Waals surface area (Å²) in [6, 6.07) is 0. The molecule has 2 aliphatic rings. The molecule has 0 aromatic carbocycles. The van der Waals surface area contributed by atoms with Gasteiger partial charge in [0.25, 0.3) is 0 Å². The molecule has 1 unspecified atom stereocenters. The molecule has 3 N–H and O–H groups in total. The van der Waals surface area contributed by atoms with Crippen LogP contribution in [0.5, 0.6) is 0 Å². The van der Waals surface area contributed by atoms with Crippen LogP contribution in [0.15, 0.2) is 4.99 Å². The van der Waals surface area contributed by atoms with Crippen LogP contribution in [-0.2, 0) is 4.74 Å². The first kappa shape index (κ1) is 17.0. The Morgan fingerprint density at radius 2 is 2.05 bits per heavy atom. The molecule has 112 valence electrons. The van der Waals surface area contributed by atoms with Gasteiger partial charge in [0.05, 0.1) is 6.10 Å². The van der Waals surface area contributed by atoms with Crippen molar-refractivity contribution in [2.24, 2.45) is 16.6 Å². The normalized spacial score (nSPS) is 24.4. The van der Waals surface area contributed by atoms with Crippen molar-refractivity contribution in [3.8, 4) is 0 Å². The molecule has 0 bridgehead atoms. The Morgan fingerprint density at radius 3 is 2.68 bits per heavy atom. The lowest BCUT2D eigenvalue weighted by Gasteiger charge is -2.23. The summed E-state index contributed by atoms with van der Waals surface area (Å²) < 4.78 is 5.70. The van der Waals surface area contributed by atoms with Crippen molar-refractivity contribution in [3.63, 3.8) is 0 Å². The second kappa shape index (κ2) is 9.80. The van der Waals surface area contributed by atoms with E-state index < -0.39 is 0 Å². The summed E-state index contributed by atoms with van der Waals surface area (Å²) in [6.07, 6.45) is 10.5. The monoisotopic (exact) mass is 381 g/mol. The molecule has 1 heterocycles. The van der Waals surface area contributed by atoms with Crippen LogP contribution >= 0.6 is 24.0 Å². The van der Waals surface area contributed by atoms with Crippen molar-refractivity contribution in [2.75, 3.05) is 19.7 Å². The van der Waals surface area contributed by atoms with Crippen LogP contribution in [0.4, 0.5) is 0 Å². The number of hydrogen-bond donors (Lipinski definition) is 2. The molecule has 2 rings (SSSR count). The topological polar surface area (TPSA) is 59.6 Å². The third-order valence-electron chi connectivity index (χ3n) is 4.03. The van der Waals surface area contributed by atoms with E-state index in [1.165, 1.54) is 38.5 Å². The van der Waals surface area contributed by atoms with E-state index in [9.17, 15) is 0 Å². The second-order valence-electron chi connectivity index (χ2n) is 5.58. The van der Waals surface area contributed by atoms with Gasteiger partial charge >= 0.3 is 0 Å². The number of halogens is 1. The van der Waals surface area contributed by atoms with Gasteiger partial charge in [-0.3, -0.25) is 4.99 Å². The fourth-order valence-corrected chi connectivity index (χ4v) is 2.54. The Bertz CT molecular complexity index is 263.